The summed E-state index contributed by atoms with van der Waals surface area (Å²) in [5.41, 5.74) is -0.206. The normalized spacial score (nSPS) is 11.1. The molecule has 0 saturated heterocycles. The van der Waals surface area contributed by atoms with Crippen LogP contribution in [-0.2, 0) is 10.0 Å². The number of halogens is 2. The fourth-order valence-electron chi connectivity index (χ4n) is 1.56. The minimum atomic E-state index is -3.94. The molecule has 6 nitrogen and oxygen atoms in total. The van der Waals surface area contributed by atoms with Crippen LogP contribution < -0.4 is 4.72 Å². The third-order valence-corrected chi connectivity index (χ3v) is 4.71. The van der Waals surface area contributed by atoms with Crippen LogP contribution in [0.15, 0.2) is 47.4 Å². The number of sulfonamides is 1. The molecule has 0 radical (unpaired) electrons. The molecule has 2 aromatic carbocycles. The Morgan fingerprint density at radius 3 is 2.29 bits per heavy atom. The zero-order chi connectivity index (χ0) is 15.6. The number of nitro benzene ring substituents is 1. The number of hydrogen-bond donors (Lipinski definition) is 1. The third kappa shape index (κ3) is 3.44. The summed E-state index contributed by atoms with van der Waals surface area (Å²) in [6.07, 6.45) is 0. The highest BCUT2D eigenvalue weighted by atomic mass is 35.5. The molecule has 0 heterocycles. The maximum atomic E-state index is 12.2. The number of rotatable bonds is 4. The quantitative estimate of drug-likeness (QED) is 0.674. The van der Waals surface area contributed by atoms with Gasteiger partial charge in [-0.2, -0.15) is 0 Å². The van der Waals surface area contributed by atoms with Crippen molar-refractivity contribution in [3.8, 4) is 0 Å². The minimum absolute atomic E-state index is 0.0298. The first-order valence-corrected chi connectivity index (χ1v) is 7.76. The third-order valence-electron chi connectivity index (χ3n) is 2.53. The van der Waals surface area contributed by atoms with E-state index in [4.69, 9.17) is 23.2 Å². The molecule has 2 aromatic rings. The molecule has 1 N–H and O–H groups in total. The zero-order valence-electron chi connectivity index (χ0n) is 10.3. The van der Waals surface area contributed by atoms with Crippen molar-refractivity contribution in [3.63, 3.8) is 0 Å². The van der Waals surface area contributed by atoms with Gasteiger partial charge >= 0.3 is 0 Å². The Hall–Kier alpha value is -1.83. The van der Waals surface area contributed by atoms with Crippen LogP contribution in [0, 0.1) is 10.1 Å². The van der Waals surface area contributed by atoms with Gasteiger partial charge in [-0.25, -0.2) is 8.42 Å². The van der Waals surface area contributed by atoms with Gasteiger partial charge in [-0.15, -0.1) is 0 Å². The maximum Gasteiger partial charge on any atom is 0.271 e. The van der Waals surface area contributed by atoms with Crippen LogP contribution in [0.25, 0.3) is 0 Å². The number of hydrogen-bond acceptors (Lipinski definition) is 4. The van der Waals surface area contributed by atoms with E-state index in [1.807, 2.05) is 0 Å². The summed E-state index contributed by atoms with van der Waals surface area (Å²) in [7, 11) is -3.94. The lowest BCUT2D eigenvalue weighted by atomic mass is 10.3. The SMILES string of the molecule is O=[N+]([O-])c1ccc(NS(=O)(=O)c2ccccc2Cl)c(Cl)c1. The number of anilines is 1. The Morgan fingerprint density at radius 1 is 1.05 bits per heavy atom. The fourth-order valence-corrected chi connectivity index (χ4v) is 3.44. The molecule has 0 aliphatic heterocycles. The highest BCUT2D eigenvalue weighted by Gasteiger charge is 2.19. The van der Waals surface area contributed by atoms with Crippen molar-refractivity contribution in [2.24, 2.45) is 0 Å². The average Bonchev–Trinajstić information content (AvgIpc) is 2.41. The van der Waals surface area contributed by atoms with Crippen LogP contribution in [0.5, 0.6) is 0 Å². The van der Waals surface area contributed by atoms with Crippen molar-refractivity contribution in [3.05, 3.63) is 62.6 Å². The molecule has 0 fully saturated rings. The van der Waals surface area contributed by atoms with Crippen LogP contribution in [-0.4, -0.2) is 13.3 Å². The molecule has 0 unspecified atom stereocenters. The minimum Gasteiger partial charge on any atom is -0.278 e. The topological polar surface area (TPSA) is 89.3 Å². The van der Waals surface area contributed by atoms with Crippen molar-refractivity contribution in [1.29, 1.82) is 0 Å². The van der Waals surface area contributed by atoms with E-state index in [-0.39, 0.29) is 26.3 Å². The van der Waals surface area contributed by atoms with Gasteiger partial charge in [-0.3, -0.25) is 14.8 Å². The smallest absolute Gasteiger partial charge is 0.271 e. The number of nitro groups is 1. The standard InChI is InChI=1S/C12H8Cl2N2O4S/c13-9-3-1-2-4-12(9)21(19,20)15-11-6-5-8(16(17)18)7-10(11)14/h1-7,15H. The first kappa shape index (κ1) is 15.6. The van der Waals surface area contributed by atoms with E-state index in [9.17, 15) is 18.5 Å². The summed E-state index contributed by atoms with van der Waals surface area (Å²) in [6, 6.07) is 9.33. The number of benzene rings is 2. The van der Waals surface area contributed by atoms with E-state index >= 15 is 0 Å². The summed E-state index contributed by atoms with van der Waals surface area (Å²) >= 11 is 11.7. The van der Waals surface area contributed by atoms with Gasteiger partial charge in [0.1, 0.15) is 4.90 Å². The maximum absolute atomic E-state index is 12.2. The Balaban J connectivity index is 2.38. The second kappa shape index (κ2) is 5.88. The van der Waals surface area contributed by atoms with Crippen LogP contribution in [0.2, 0.25) is 10.0 Å². The highest BCUT2D eigenvalue weighted by Crippen LogP contribution is 2.30. The predicted molar refractivity (Wildman–Crippen MR) is 80.4 cm³/mol. The second-order valence-corrected chi connectivity index (χ2v) is 6.42. The predicted octanol–water partition coefficient (Wildman–Crippen LogP) is 3.70. The number of nitrogens with zero attached hydrogens (tertiary/aromatic N) is 1. The number of non-ortho nitro benzene ring substituents is 1. The molecule has 110 valence electrons. The van der Waals surface area contributed by atoms with Gasteiger partial charge in [0.25, 0.3) is 15.7 Å². The molecular weight excluding hydrogens is 339 g/mol. The van der Waals surface area contributed by atoms with Crippen LogP contribution in [0.4, 0.5) is 11.4 Å². The molecule has 0 aliphatic carbocycles. The first-order valence-electron chi connectivity index (χ1n) is 5.52. The molecule has 0 saturated carbocycles. The Bertz CT molecular complexity index is 809. The van der Waals surface area contributed by atoms with E-state index in [1.165, 1.54) is 24.3 Å². The van der Waals surface area contributed by atoms with Crippen LogP contribution in [0.1, 0.15) is 0 Å². The van der Waals surface area contributed by atoms with Crippen LogP contribution >= 0.6 is 23.2 Å². The molecule has 0 spiro atoms. The summed E-state index contributed by atoms with van der Waals surface area (Å²) in [4.78, 5) is 9.87. The Labute approximate surface area is 130 Å². The molecule has 0 aliphatic rings. The van der Waals surface area contributed by atoms with E-state index in [1.54, 1.807) is 6.07 Å². The molecule has 21 heavy (non-hydrogen) atoms. The summed E-state index contributed by atoms with van der Waals surface area (Å²) in [6.45, 7) is 0. The molecule has 2 rings (SSSR count). The first-order chi connectivity index (χ1) is 9.81. The molecule has 0 bridgehead atoms. The summed E-state index contributed by atoms with van der Waals surface area (Å²) in [5.74, 6) is 0. The van der Waals surface area contributed by atoms with Gasteiger partial charge in [0.15, 0.2) is 0 Å². The van der Waals surface area contributed by atoms with Gasteiger partial charge in [0.2, 0.25) is 0 Å². The van der Waals surface area contributed by atoms with Crippen molar-refractivity contribution in [1.82, 2.24) is 0 Å². The fraction of sp³-hybridized carbons (Fsp3) is 0. The lowest BCUT2D eigenvalue weighted by Gasteiger charge is -2.10. The molecule has 0 aromatic heterocycles. The molecule has 0 amide bonds. The van der Waals surface area contributed by atoms with Crippen molar-refractivity contribution >= 4 is 44.6 Å². The monoisotopic (exact) mass is 346 g/mol. The van der Waals surface area contributed by atoms with E-state index in [2.05, 4.69) is 4.72 Å². The van der Waals surface area contributed by atoms with Gasteiger partial charge in [0, 0.05) is 12.1 Å². The second-order valence-electron chi connectivity index (χ2n) is 3.96. The lowest BCUT2D eigenvalue weighted by Crippen LogP contribution is -2.13. The molecular formula is C12H8Cl2N2O4S. The summed E-state index contributed by atoms with van der Waals surface area (Å²) < 4.78 is 26.7. The van der Waals surface area contributed by atoms with Crippen molar-refractivity contribution < 1.29 is 13.3 Å². The van der Waals surface area contributed by atoms with Gasteiger partial charge in [-0.1, -0.05) is 35.3 Å². The van der Waals surface area contributed by atoms with Gasteiger partial charge in [0.05, 0.1) is 20.7 Å². The lowest BCUT2D eigenvalue weighted by molar-refractivity contribution is -0.384. The Morgan fingerprint density at radius 2 is 1.71 bits per heavy atom. The van der Waals surface area contributed by atoms with E-state index in [0.717, 1.165) is 12.1 Å². The molecule has 9 heteroatoms. The van der Waals surface area contributed by atoms with Crippen LogP contribution in [0.3, 0.4) is 0 Å². The van der Waals surface area contributed by atoms with Crippen molar-refractivity contribution in [2.45, 2.75) is 4.90 Å². The number of nitrogens with one attached hydrogen (secondary N) is 1. The largest absolute Gasteiger partial charge is 0.278 e. The summed E-state index contributed by atoms with van der Waals surface area (Å²) in [5, 5.41) is 10.6. The van der Waals surface area contributed by atoms with E-state index in [0.29, 0.717) is 0 Å². The Kier molecular flexibility index (Phi) is 4.36. The van der Waals surface area contributed by atoms with Gasteiger partial charge < -0.3 is 0 Å². The van der Waals surface area contributed by atoms with Crippen molar-refractivity contribution in [2.75, 3.05) is 4.72 Å². The highest BCUT2D eigenvalue weighted by molar-refractivity contribution is 7.92. The van der Waals surface area contributed by atoms with E-state index < -0.39 is 14.9 Å². The average molecular weight is 347 g/mol. The van der Waals surface area contributed by atoms with Gasteiger partial charge in [-0.05, 0) is 18.2 Å². The zero-order valence-corrected chi connectivity index (χ0v) is 12.6. The molecule has 0 atom stereocenters.